The smallest absolute Gasteiger partial charge is 0.229 e. The summed E-state index contributed by atoms with van der Waals surface area (Å²) in [4.78, 5) is 15.8. The van der Waals surface area contributed by atoms with Crippen LogP contribution in [0.2, 0.25) is 0 Å². The van der Waals surface area contributed by atoms with Gasteiger partial charge in [-0.25, -0.2) is 4.98 Å². The molecule has 0 aliphatic heterocycles. The number of aromatic nitrogens is 4. The lowest BCUT2D eigenvalue weighted by Gasteiger charge is -2.11. The third-order valence-corrected chi connectivity index (χ3v) is 4.99. The molecule has 6 nitrogen and oxygen atoms in total. The molecule has 144 valence electrons. The molecule has 4 N–H and O–H groups in total. The van der Waals surface area contributed by atoms with Crippen LogP contribution in [-0.2, 0) is 6.54 Å². The normalized spacial score (nSPS) is 11.2. The van der Waals surface area contributed by atoms with Crippen LogP contribution in [0, 0.1) is 13.8 Å². The summed E-state index contributed by atoms with van der Waals surface area (Å²) in [7, 11) is 0. The second kappa shape index (κ2) is 6.98. The summed E-state index contributed by atoms with van der Waals surface area (Å²) in [5, 5.41) is 9.13. The van der Waals surface area contributed by atoms with Crippen LogP contribution >= 0.6 is 0 Å². The first-order valence-electron chi connectivity index (χ1n) is 9.65. The van der Waals surface area contributed by atoms with Crippen molar-refractivity contribution in [2.75, 3.05) is 10.6 Å². The molecule has 5 rings (SSSR count). The number of nitrogens with one attached hydrogen (secondary N) is 4. The molecule has 0 amide bonds. The predicted molar refractivity (Wildman–Crippen MR) is 119 cm³/mol. The number of H-pyrrole nitrogens is 2. The Balaban J connectivity index is 1.38. The summed E-state index contributed by atoms with van der Waals surface area (Å²) >= 11 is 0. The molecule has 0 radical (unpaired) electrons. The number of anilines is 3. The highest BCUT2D eigenvalue weighted by Gasteiger charge is 2.08. The number of hydrogen-bond donors (Lipinski definition) is 4. The molecule has 0 fully saturated rings. The maximum absolute atomic E-state index is 4.66. The van der Waals surface area contributed by atoms with E-state index in [1.165, 1.54) is 10.9 Å². The SMILES string of the molecule is Cc1cc(NCc2ccc3[nH]ccc3c2)nc(Nc2cccc3[nH]c(C)cc23)n1. The number of fused-ring (bicyclic) bond motifs is 2. The van der Waals surface area contributed by atoms with Gasteiger partial charge in [-0.2, -0.15) is 4.98 Å². The summed E-state index contributed by atoms with van der Waals surface area (Å²) < 4.78 is 0. The van der Waals surface area contributed by atoms with Gasteiger partial charge < -0.3 is 20.6 Å². The highest BCUT2D eigenvalue weighted by atomic mass is 15.1. The van der Waals surface area contributed by atoms with Gasteiger partial charge in [0, 0.05) is 46.6 Å². The summed E-state index contributed by atoms with van der Waals surface area (Å²) in [5.74, 6) is 1.38. The number of hydrogen-bond acceptors (Lipinski definition) is 4. The first-order chi connectivity index (χ1) is 14.1. The van der Waals surface area contributed by atoms with Crippen molar-refractivity contribution in [3.05, 3.63) is 77.7 Å². The van der Waals surface area contributed by atoms with E-state index in [0.29, 0.717) is 12.5 Å². The van der Waals surface area contributed by atoms with Gasteiger partial charge in [0.1, 0.15) is 5.82 Å². The minimum atomic E-state index is 0.583. The largest absolute Gasteiger partial charge is 0.366 e. The Hall–Kier alpha value is -3.80. The van der Waals surface area contributed by atoms with Gasteiger partial charge in [0.05, 0.1) is 5.69 Å². The van der Waals surface area contributed by atoms with Crippen LogP contribution in [0.25, 0.3) is 21.8 Å². The molecule has 3 aromatic heterocycles. The van der Waals surface area contributed by atoms with E-state index in [1.807, 2.05) is 31.3 Å². The molecular formula is C23H22N6. The molecule has 0 saturated heterocycles. The third kappa shape index (κ3) is 3.52. The lowest BCUT2D eigenvalue weighted by atomic mass is 10.1. The standard InChI is InChI=1S/C23H22N6/c1-14-10-18-20(26-14)4-3-5-21(18)28-23-27-15(2)11-22(29-23)25-13-16-6-7-19-17(12-16)8-9-24-19/h3-12,24,26H,13H2,1-2H3,(H2,25,27,28,29). The molecule has 0 aliphatic rings. The Labute approximate surface area is 168 Å². The van der Waals surface area contributed by atoms with Gasteiger partial charge in [-0.1, -0.05) is 12.1 Å². The highest BCUT2D eigenvalue weighted by molar-refractivity contribution is 5.93. The molecule has 0 aliphatic carbocycles. The van der Waals surface area contributed by atoms with Crippen molar-refractivity contribution >= 4 is 39.3 Å². The Kier molecular flexibility index (Phi) is 4.17. The first kappa shape index (κ1) is 17.3. The summed E-state index contributed by atoms with van der Waals surface area (Å²) in [6.45, 7) is 4.73. The van der Waals surface area contributed by atoms with Crippen LogP contribution in [0.3, 0.4) is 0 Å². The van der Waals surface area contributed by atoms with Crippen LogP contribution < -0.4 is 10.6 Å². The fourth-order valence-corrected chi connectivity index (χ4v) is 3.64. The fourth-order valence-electron chi connectivity index (χ4n) is 3.64. The van der Waals surface area contributed by atoms with E-state index in [1.54, 1.807) is 0 Å². The Bertz CT molecular complexity index is 1310. The minimum absolute atomic E-state index is 0.583. The minimum Gasteiger partial charge on any atom is -0.366 e. The quantitative estimate of drug-likeness (QED) is 0.327. The van der Waals surface area contributed by atoms with E-state index >= 15 is 0 Å². The number of nitrogens with zero attached hydrogens (tertiary/aromatic N) is 2. The van der Waals surface area contributed by atoms with Gasteiger partial charge in [0.2, 0.25) is 5.95 Å². The van der Waals surface area contributed by atoms with Crippen molar-refractivity contribution in [3.8, 4) is 0 Å². The zero-order chi connectivity index (χ0) is 19.8. The molecule has 0 bridgehead atoms. The highest BCUT2D eigenvalue weighted by Crippen LogP contribution is 2.26. The molecule has 6 heteroatoms. The third-order valence-electron chi connectivity index (χ3n) is 4.99. The number of aromatic amines is 2. The summed E-state index contributed by atoms with van der Waals surface area (Å²) in [6.07, 6.45) is 1.96. The number of aryl methyl sites for hydroxylation is 2. The van der Waals surface area contributed by atoms with Crippen LogP contribution in [0.15, 0.2) is 60.8 Å². The van der Waals surface area contributed by atoms with E-state index < -0.39 is 0 Å². The monoisotopic (exact) mass is 382 g/mol. The van der Waals surface area contributed by atoms with E-state index in [9.17, 15) is 0 Å². The van der Waals surface area contributed by atoms with E-state index in [4.69, 9.17) is 0 Å². The second-order valence-electron chi connectivity index (χ2n) is 7.32. The maximum Gasteiger partial charge on any atom is 0.229 e. The number of benzene rings is 2. The summed E-state index contributed by atoms with van der Waals surface area (Å²) in [5.41, 5.74) is 6.47. The lowest BCUT2D eigenvalue weighted by molar-refractivity contribution is 1.06. The van der Waals surface area contributed by atoms with Gasteiger partial charge in [-0.15, -0.1) is 0 Å². The Morgan fingerprint density at radius 2 is 1.86 bits per heavy atom. The van der Waals surface area contributed by atoms with Crippen molar-refractivity contribution in [1.29, 1.82) is 0 Å². The van der Waals surface area contributed by atoms with Crippen molar-refractivity contribution in [2.24, 2.45) is 0 Å². The lowest BCUT2D eigenvalue weighted by Crippen LogP contribution is -2.05. The average Bonchev–Trinajstić information content (AvgIpc) is 3.31. The topological polar surface area (TPSA) is 81.4 Å². The first-order valence-corrected chi connectivity index (χ1v) is 9.65. The van der Waals surface area contributed by atoms with Crippen molar-refractivity contribution < 1.29 is 0 Å². The van der Waals surface area contributed by atoms with Crippen molar-refractivity contribution in [2.45, 2.75) is 20.4 Å². The predicted octanol–water partition coefficient (Wildman–Crippen LogP) is 5.41. The van der Waals surface area contributed by atoms with Gasteiger partial charge in [0.25, 0.3) is 0 Å². The van der Waals surface area contributed by atoms with Crippen LogP contribution in [-0.4, -0.2) is 19.9 Å². The summed E-state index contributed by atoms with van der Waals surface area (Å²) in [6, 6.07) is 18.7. The zero-order valence-corrected chi connectivity index (χ0v) is 16.4. The molecule has 0 saturated carbocycles. The Morgan fingerprint density at radius 1 is 0.931 bits per heavy atom. The van der Waals surface area contributed by atoms with Crippen molar-refractivity contribution in [1.82, 2.24) is 19.9 Å². The molecule has 3 heterocycles. The zero-order valence-electron chi connectivity index (χ0n) is 16.4. The van der Waals surface area contributed by atoms with E-state index in [0.717, 1.165) is 39.3 Å². The van der Waals surface area contributed by atoms with E-state index in [2.05, 4.69) is 73.9 Å². The van der Waals surface area contributed by atoms with E-state index in [-0.39, 0.29) is 0 Å². The number of rotatable bonds is 5. The molecule has 2 aromatic carbocycles. The second-order valence-corrected chi connectivity index (χ2v) is 7.32. The van der Waals surface area contributed by atoms with Crippen LogP contribution in [0.5, 0.6) is 0 Å². The molecule has 5 aromatic rings. The molecule has 0 atom stereocenters. The molecular weight excluding hydrogens is 360 g/mol. The van der Waals surface area contributed by atoms with Crippen molar-refractivity contribution in [3.63, 3.8) is 0 Å². The van der Waals surface area contributed by atoms with Gasteiger partial charge in [0.15, 0.2) is 0 Å². The van der Waals surface area contributed by atoms with Crippen LogP contribution in [0.1, 0.15) is 17.0 Å². The fraction of sp³-hybridized carbons (Fsp3) is 0.130. The van der Waals surface area contributed by atoms with Gasteiger partial charge in [-0.3, -0.25) is 0 Å². The molecule has 29 heavy (non-hydrogen) atoms. The Morgan fingerprint density at radius 3 is 2.79 bits per heavy atom. The maximum atomic E-state index is 4.66. The molecule has 0 spiro atoms. The van der Waals surface area contributed by atoms with Crippen LogP contribution in [0.4, 0.5) is 17.5 Å². The van der Waals surface area contributed by atoms with Gasteiger partial charge in [-0.05, 0) is 61.2 Å². The average molecular weight is 382 g/mol. The van der Waals surface area contributed by atoms with Gasteiger partial charge >= 0.3 is 0 Å². The molecule has 0 unspecified atom stereocenters.